The van der Waals surface area contributed by atoms with Crippen LogP contribution in [0.4, 0.5) is 5.69 Å². The summed E-state index contributed by atoms with van der Waals surface area (Å²) >= 11 is 0. The topological polar surface area (TPSA) is 81.9 Å². The van der Waals surface area contributed by atoms with Crippen molar-refractivity contribution in [3.05, 3.63) is 58.8 Å². The number of amides is 2. The molecule has 186 valence electrons. The molecule has 0 spiro atoms. The van der Waals surface area contributed by atoms with Crippen LogP contribution in [0.1, 0.15) is 48.6 Å². The number of nitrogens with one attached hydrogen (secondary N) is 1. The number of aromatic nitrogens is 1. The van der Waals surface area contributed by atoms with Crippen LogP contribution in [0.15, 0.2) is 40.9 Å². The maximum Gasteiger partial charge on any atom is 0.256 e. The van der Waals surface area contributed by atoms with Crippen LogP contribution in [0.25, 0.3) is 11.0 Å². The molecule has 3 aromatic rings. The lowest BCUT2D eigenvalue weighted by atomic mass is 10.1. The first-order chi connectivity index (χ1) is 16.9. The molecular weight excluding hydrogens is 442 g/mol. The number of benzene rings is 2. The van der Waals surface area contributed by atoms with E-state index < -0.39 is 0 Å². The third-order valence-electron chi connectivity index (χ3n) is 6.68. The SMILES string of the molecule is CCCCCNC(=O)CN(CC(=O)N(C)N1Cc2ccccc2C1)c1cc2onc(C)c2cc1C. The van der Waals surface area contributed by atoms with Crippen molar-refractivity contribution in [2.45, 2.75) is 53.1 Å². The van der Waals surface area contributed by atoms with E-state index in [1.165, 1.54) is 11.1 Å². The highest BCUT2D eigenvalue weighted by Gasteiger charge is 2.27. The second-order valence-corrected chi connectivity index (χ2v) is 9.32. The molecule has 1 aliphatic rings. The van der Waals surface area contributed by atoms with Gasteiger partial charge < -0.3 is 14.7 Å². The molecule has 2 aromatic carbocycles. The predicted octanol–water partition coefficient (Wildman–Crippen LogP) is 3.95. The van der Waals surface area contributed by atoms with Gasteiger partial charge in [0.2, 0.25) is 5.91 Å². The number of carbonyl (C=O) groups is 2. The lowest BCUT2D eigenvalue weighted by Crippen LogP contribution is -2.48. The van der Waals surface area contributed by atoms with Crippen LogP contribution in [0.5, 0.6) is 0 Å². The van der Waals surface area contributed by atoms with Crippen molar-refractivity contribution in [2.75, 3.05) is 31.6 Å². The van der Waals surface area contributed by atoms with E-state index >= 15 is 0 Å². The predicted molar refractivity (Wildman–Crippen MR) is 137 cm³/mol. The third-order valence-corrected chi connectivity index (χ3v) is 6.68. The summed E-state index contributed by atoms with van der Waals surface area (Å²) in [5.74, 6) is -0.178. The Labute approximate surface area is 206 Å². The molecule has 2 amide bonds. The van der Waals surface area contributed by atoms with Gasteiger partial charge in [-0.1, -0.05) is 49.2 Å². The van der Waals surface area contributed by atoms with Crippen molar-refractivity contribution >= 4 is 28.5 Å². The van der Waals surface area contributed by atoms with E-state index in [1.807, 2.05) is 48.0 Å². The van der Waals surface area contributed by atoms with Gasteiger partial charge in [0.15, 0.2) is 5.58 Å². The van der Waals surface area contributed by atoms with Gasteiger partial charge in [0.25, 0.3) is 5.91 Å². The van der Waals surface area contributed by atoms with Gasteiger partial charge in [0.05, 0.1) is 18.8 Å². The van der Waals surface area contributed by atoms with Crippen LogP contribution in [-0.4, -0.2) is 53.7 Å². The second-order valence-electron chi connectivity index (χ2n) is 9.32. The van der Waals surface area contributed by atoms with Gasteiger partial charge in [-0.25, -0.2) is 5.01 Å². The molecule has 0 saturated carbocycles. The van der Waals surface area contributed by atoms with Crippen LogP contribution in [0.2, 0.25) is 0 Å². The lowest BCUT2D eigenvalue weighted by Gasteiger charge is -2.31. The zero-order valence-corrected chi connectivity index (χ0v) is 21.1. The maximum atomic E-state index is 13.4. The Bertz CT molecular complexity index is 1180. The quantitative estimate of drug-likeness (QED) is 0.446. The van der Waals surface area contributed by atoms with Crippen molar-refractivity contribution in [3.8, 4) is 0 Å². The number of aryl methyl sites for hydroxylation is 2. The van der Waals surface area contributed by atoms with Crippen molar-refractivity contribution in [3.63, 3.8) is 0 Å². The molecule has 0 bridgehead atoms. The summed E-state index contributed by atoms with van der Waals surface area (Å²) in [5, 5.41) is 11.7. The van der Waals surface area contributed by atoms with Crippen LogP contribution in [0, 0.1) is 13.8 Å². The molecular formula is C27H35N5O3. The minimum atomic E-state index is -0.0987. The fourth-order valence-corrected chi connectivity index (χ4v) is 4.55. The highest BCUT2D eigenvalue weighted by atomic mass is 16.5. The average molecular weight is 478 g/mol. The third kappa shape index (κ3) is 5.65. The lowest BCUT2D eigenvalue weighted by molar-refractivity contribution is -0.145. The van der Waals surface area contributed by atoms with E-state index in [-0.39, 0.29) is 24.9 Å². The minimum absolute atomic E-state index is 0.0746. The van der Waals surface area contributed by atoms with Gasteiger partial charge in [0, 0.05) is 43.8 Å². The molecule has 8 nitrogen and oxygen atoms in total. The summed E-state index contributed by atoms with van der Waals surface area (Å²) in [5.41, 5.74) is 5.69. The van der Waals surface area contributed by atoms with Gasteiger partial charge in [-0.15, -0.1) is 0 Å². The molecule has 0 radical (unpaired) electrons. The molecule has 1 aliphatic heterocycles. The van der Waals surface area contributed by atoms with E-state index in [9.17, 15) is 9.59 Å². The monoisotopic (exact) mass is 477 g/mol. The maximum absolute atomic E-state index is 13.4. The summed E-state index contributed by atoms with van der Waals surface area (Å²) in [6, 6.07) is 12.1. The first-order valence-electron chi connectivity index (χ1n) is 12.3. The molecule has 1 N–H and O–H groups in total. The van der Waals surface area contributed by atoms with E-state index in [2.05, 4.69) is 29.5 Å². The Balaban J connectivity index is 1.52. The number of hydrogen-bond acceptors (Lipinski definition) is 6. The number of fused-ring (bicyclic) bond motifs is 2. The van der Waals surface area contributed by atoms with Crippen LogP contribution < -0.4 is 10.2 Å². The van der Waals surface area contributed by atoms with Gasteiger partial charge in [-0.3, -0.25) is 14.6 Å². The molecule has 8 heteroatoms. The molecule has 0 unspecified atom stereocenters. The number of unbranched alkanes of at least 4 members (excludes halogenated alkanes) is 2. The number of carbonyl (C=O) groups excluding carboxylic acids is 2. The highest BCUT2D eigenvalue weighted by molar-refractivity contribution is 5.90. The molecule has 0 aliphatic carbocycles. The van der Waals surface area contributed by atoms with Crippen LogP contribution in [0.3, 0.4) is 0 Å². The molecule has 0 saturated heterocycles. The first-order valence-corrected chi connectivity index (χ1v) is 12.3. The smallest absolute Gasteiger partial charge is 0.256 e. The van der Waals surface area contributed by atoms with E-state index in [0.717, 1.165) is 41.6 Å². The number of rotatable bonds is 10. The summed E-state index contributed by atoms with van der Waals surface area (Å²) in [6.45, 7) is 8.21. The fraction of sp³-hybridized carbons (Fsp3) is 0.444. The Morgan fingerprint density at radius 1 is 1.09 bits per heavy atom. The molecule has 1 aromatic heterocycles. The average Bonchev–Trinajstić information content (AvgIpc) is 3.44. The largest absolute Gasteiger partial charge is 0.356 e. The number of nitrogens with zero attached hydrogens (tertiary/aromatic N) is 4. The zero-order valence-electron chi connectivity index (χ0n) is 21.1. The van der Waals surface area contributed by atoms with E-state index in [4.69, 9.17) is 4.52 Å². The number of anilines is 1. The highest BCUT2D eigenvalue weighted by Crippen LogP contribution is 2.29. The van der Waals surface area contributed by atoms with Gasteiger partial charge in [-0.2, -0.15) is 0 Å². The number of hydrazine groups is 1. The fourth-order valence-electron chi connectivity index (χ4n) is 4.55. The van der Waals surface area contributed by atoms with Crippen LogP contribution >= 0.6 is 0 Å². The van der Waals surface area contributed by atoms with Crippen LogP contribution in [-0.2, 0) is 22.7 Å². The Hall–Kier alpha value is -3.39. The standard InChI is InChI=1S/C27H35N5O3/c1-5-6-9-12-28-26(33)17-31(24-14-25-23(13-19(24)2)20(3)29-35-25)18-27(34)30(4)32-15-21-10-7-8-11-22(21)16-32/h7-8,10-11,13-14H,5-6,9,12,15-18H2,1-4H3,(H,28,33). The van der Waals surface area contributed by atoms with Crippen molar-refractivity contribution < 1.29 is 14.1 Å². The molecule has 2 heterocycles. The van der Waals surface area contributed by atoms with Gasteiger partial charge >= 0.3 is 0 Å². The zero-order chi connectivity index (χ0) is 24.9. The number of hydrogen-bond donors (Lipinski definition) is 1. The van der Waals surface area contributed by atoms with Gasteiger partial charge in [-0.05, 0) is 43.0 Å². The van der Waals surface area contributed by atoms with Crippen molar-refractivity contribution in [1.82, 2.24) is 20.5 Å². The van der Waals surface area contributed by atoms with Crippen molar-refractivity contribution in [2.24, 2.45) is 0 Å². The Morgan fingerprint density at radius 3 is 2.49 bits per heavy atom. The first kappa shape index (κ1) is 24.7. The van der Waals surface area contributed by atoms with E-state index in [0.29, 0.717) is 25.2 Å². The molecule has 0 atom stereocenters. The number of likely N-dealkylation sites (N-methyl/N-ethyl adjacent to an activating group) is 1. The summed E-state index contributed by atoms with van der Waals surface area (Å²) in [6.07, 6.45) is 3.12. The van der Waals surface area contributed by atoms with Crippen molar-refractivity contribution in [1.29, 1.82) is 0 Å². The normalized spacial score (nSPS) is 13.1. The summed E-state index contributed by atoms with van der Waals surface area (Å²) in [7, 11) is 1.80. The summed E-state index contributed by atoms with van der Waals surface area (Å²) in [4.78, 5) is 28.0. The molecule has 35 heavy (non-hydrogen) atoms. The van der Waals surface area contributed by atoms with E-state index in [1.54, 1.807) is 12.1 Å². The molecule has 0 fully saturated rings. The summed E-state index contributed by atoms with van der Waals surface area (Å²) < 4.78 is 5.48. The minimum Gasteiger partial charge on any atom is -0.356 e. The Morgan fingerprint density at radius 2 is 1.80 bits per heavy atom. The molecule has 4 rings (SSSR count). The second kappa shape index (κ2) is 10.9. The van der Waals surface area contributed by atoms with Gasteiger partial charge in [0.1, 0.15) is 0 Å². The Kier molecular flexibility index (Phi) is 7.70.